The minimum absolute atomic E-state index is 0.0661. The summed E-state index contributed by atoms with van der Waals surface area (Å²) in [5.41, 5.74) is 1.58. The summed E-state index contributed by atoms with van der Waals surface area (Å²) < 4.78 is 39.4. The predicted octanol–water partition coefficient (Wildman–Crippen LogP) is 5.27. The van der Waals surface area contributed by atoms with E-state index in [-0.39, 0.29) is 35.8 Å². The molecule has 1 aliphatic rings. The number of aromatic amines is 1. The second-order valence-corrected chi connectivity index (χ2v) is 8.02. The molecule has 1 fully saturated rings. The zero-order chi connectivity index (χ0) is 22.5. The van der Waals surface area contributed by atoms with Crippen LogP contribution in [-0.4, -0.2) is 40.1 Å². The van der Waals surface area contributed by atoms with Gasteiger partial charge in [-0.15, -0.1) is 0 Å². The fraction of sp³-hybridized carbons (Fsp3) is 0.375. The molecule has 0 bridgehead atoms. The van der Waals surface area contributed by atoms with Crippen molar-refractivity contribution in [2.75, 3.05) is 13.2 Å². The van der Waals surface area contributed by atoms with E-state index >= 15 is 0 Å². The highest BCUT2D eigenvalue weighted by Gasteiger charge is 2.30. The van der Waals surface area contributed by atoms with Gasteiger partial charge in [-0.3, -0.25) is 4.79 Å². The van der Waals surface area contributed by atoms with Crippen LogP contribution in [0.3, 0.4) is 0 Å². The zero-order valence-electron chi connectivity index (χ0n) is 17.7. The van der Waals surface area contributed by atoms with E-state index in [1.54, 1.807) is 23.1 Å². The molecule has 4 rings (SSSR count). The molecule has 1 aliphatic carbocycles. The fourth-order valence-corrected chi connectivity index (χ4v) is 3.57. The molecule has 166 valence electrons. The number of amides is 1. The Labute approximate surface area is 179 Å². The molecule has 0 spiro atoms. The fourth-order valence-electron chi connectivity index (χ4n) is 3.57. The lowest BCUT2D eigenvalue weighted by Crippen LogP contribution is -2.44. The van der Waals surface area contributed by atoms with Gasteiger partial charge in [0.25, 0.3) is 0 Å². The Morgan fingerprint density at radius 3 is 2.32 bits per heavy atom. The van der Waals surface area contributed by atoms with Crippen molar-refractivity contribution in [1.29, 1.82) is 0 Å². The summed E-state index contributed by atoms with van der Waals surface area (Å²) >= 11 is 0. The van der Waals surface area contributed by atoms with E-state index in [4.69, 9.17) is 5.11 Å². The van der Waals surface area contributed by atoms with Crippen molar-refractivity contribution in [3.63, 3.8) is 0 Å². The molecule has 1 saturated carbocycles. The predicted molar refractivity (Wildman–Crippen MR) is 115 cm³/mol. The van der Waals surface area contributed by atoms with E-state index < -0.39 is 11.6 Å². The lowest BCUT2D eigenvalue weighted by Gasteiger charge is -2.33. The second kappa shape index (κ2) is 10.0. The van der Waals surface area contributed by atoms with Crippen LogP contribution in [0, 0.1) is 23.4 Å². The highest BCUT2D eigenvalue weighted by atomic mass is 19.1. The van der Waals surface area contributed by atoms with Gasteiger partial charge in [-0.05, 0) is 68.7 Å². The standard InChI is InChI=1S/C14H8F3N.C10H19NO2/c15-10-3-1-8(2-4-10)13-6-9-5-11(16)7-12(17)14(9)18-13;1-8(2)11(6-7-12)10(13)9-4-3-5-9/h1-7,18H;8-9,12H,3-7H2,1-2H3. The Bertz CT molecular complexity index is 1030. The summed E-state index contributed by atoms with van der Waals surface area (Å²) in [5.74, 6) is -1.13. The number of aromatic nitrogens is 1. The van der Waals surface area contributed by atoms with Crippen molar-refractivity contribution < 1.29 is 23.1 Å². The van der Waals surface area contributed by atoms with Gasteiger partial charge >= 0.3 is 0 Å². The van der Waals surface area contributed by atoms with Crippen LogP contribution in [0.5, 0.6) is 0 Å². The van der Waals surface area contributed by atoms with Gasteiger partial charge in [0.15, 0.2) is 0 Å². The number of hydrogen-bond donors (Lipinski definition) is 2. The van der Waals surface area contributed by atoms with Gasteiger partial charge in [0, 0.05) is 35.7 Å². The molecule has 2 aromatic carbocycles. The summed E-state index contributed by atoms with van der Waals surface area (Å²) in [4.78, 5) is 16.4. The smallest absolute Gasteiger partial charge is 0.225 e. The normalized spacial score (nSPS) is 13.6. The average molecular weight is 432 g/mol. The average Bonchev–Trinajstić information content (AvgIpc) is 3.10. The van der Waals surface area contributed by atoms with Crippen molar-refractivity contribution in [2.45, 2.75) is 39.2 Å². The third-order valence-electron chi connectivity index (χ3n) is 5.50. The number of carbonyl (C=O) groups excluding carboxylic acids is 1. The van der Waals surface area contributed by atoms with Crippen LogP contribution in [0.15, 0.2) is 42.5 Å². The van der Waals surface area contributed by atoms with Gasteiger partial charge in [0.1, 0.15) is 17.5 Å². The molecule has 0 unspecified atom stereocenters. The lowest BCUT2D eigenvalue weighted by molar-refractivity contribution is -0.140. The largest absolute Gasteiger partial charge is 0.395 e. The SMILES string of the molecule is CC(C)N(CCO)C(=O)C1CCC1.Fc1ccc(-c2cc3cc(F)cc(F)c3[nH]2)cc1. The first-order valence-electron chi connectivity index (χ1n) is 10.4. The van der Waals surface area contributed by atoms with Crippen molar-refractivity contribution >= 4 is 16.8 Å². The van der Waals surface area contributed by atoms with Gasteiger partial charge in [-0.1, -0.05) is 6.42 Å². The zero-order valence-corrected chi connectivity index (χ0v) is 17.7. The Hall–Kier alpha value is -2.80. The molecule has 1 heterocycles. The molecule has 1 aromatic heterocycles. The first-order valence-corrected chi connectivity index (χ1v) is 10.4. The molecule has 3 aromatic rings. The number of rotatable bonds is 5. The second-order valence-electron chi connectivity index (χ2n) is 8.02. The maximum atomic E-state index is 13.5. The molecule has 4 nitrogen and oxygen atoms in total. The number of halogens is 3. The summed E-state index contributed by atoms with van der Waals surface area (Å²) in [6.07, 6.45) is 3.25. The number of fused-ring (bicyclic) bond motifs is 1. The number of aliphatic hydroxyl groups excluding tert-OH is 1. The Morgan fingerprint density at radius 2 is 1.77 bits per heavy atom. The van der Waals surface area contributed by atoms with Crippen LogP contribution in [0.1, 0.15) is 33.1 Å². The molecule has 1 amide bonds. The molecule has 0 radical (unpaired) electrons. The molecule has 7 heteroatoms. The number of H-pyrrole nitrogens is 1. The summed E-state index contributed by atoms with van der Waals surface area (Å²) in [6.45, 7) is 4.53. The van der Waals surface area contributed by atoms with Gasteiger partial charge < -0.3 is 15.0 Å². The van der Waals surface area contributed by atoms with E-state index in [1.165, 1.54) is 24.6 Å². The van der Waals surface area contributed by atoms with E-state index in [0.29, 0.717) is 23.2 Å². The minimum atomic E-state index is -0.640. The van der Waals surface area contributed by atoms with Crippen LogP contribution < -0.4 is 0 Å². The third kappa shape index (κ3) is 5.47. The summed E-state index contributed by atoms with van der Waals surface area (Å²) in [6, 6.07) is 9.71. The molecule has 0 aliphatic heterocycles. The minimum Gasteiger partial charge on any atom is -0.395 e. The van der Waals surface area contributed by atoms with Gasteiger partial charge in [-0.25, -0.2) is 13.2 Å². The van der Waals surface area contributed by atoms with Crippen LogP contribution in [-0.2, 0) is 4.79 Å². The first-order chi connectivity index (χ1) is 14.8. The van der Waals surface area contributed by atoms with Crippen LogP contribution in [0.4, 0.5) is 13.2 Å². The van der Waals surface area contributed by atoms with Gasteiger partial charge in [0.2, 0.25) is 5.91 Å². The van der Waals surface area contributed by atoms with E-state index in [2.05, 4.69) is 4.98 Å². The topological polar surface area (TPSA) is 56.3 Å². The first kappa shape index (κ1) is 22.9. The lowest BCUT2D eigenvalue weighted by atomic mass is 9.84. The number of nitrogens with one attached hydrogen (secondary N) is 1. The number of nitrogens with zero attached hydrogens (tertiary/aromatic N) is 1. The molecule has 2 N–H and O–H groups in total. The highest BCUT2D eigenvalue weighted by molar-refractivity contribution is 5.86. The van der Waals surface area contributed by atoms with E-state index in [0.717, 1.165) is 18.9 Å². The maximum absolute atomic E-state index is 13.5. The van der Waals surface area contributed by atoms with Crippen molar-refractivity contribution in [3.8, 4) is 11.3 Å². The van der Waals surface area contributed by atoms with E-state index in [9.17, 15) is 18.0 Å². The number of aliphatic hydroxyl groups is 1. The molecular formula is C24H27F3N2O2. The van der Waals surface area contributed by atoms with Crippen LogP contribution in [0.2, 0.25) is 0 Å². The molecule has 0 atom stereocenters. The van der Waals surface area contributed by atoms with Gasteiger partial charge in [-0.2, -0.15) is 0 Å². The summed E-state index contributed by atoms with van der Waals surface area (Å²) in [7, 11) is 0. The van der Waals surface area contributed by atoms with E-state index in [1.807, 2.05) is 13.8 Å². The molecule has 31 heavy (non-hydrogen) atoms. The van der Waals surface area contributed by atoms with Crippen LogP contribution >= 0.6 is 0 Å². The third-order valence-corrected chi connectivity index (χ3v) is 5.50. The highest BCUT2D eigenvalue weighted by Crippen LogP contribution is 2.29. The monoisotopic (exact) mass is 432 g/mol. The van der Waals surface area contributed by atoms with Gasteiger partial charge in [0.05, 0.1) is 12.1 Å². The number of carbonyl (C=O) groups is 1. The Morgan fingerprint density at radius 1 is 1.10 bits per heavy atom. The Kier molecular flexibility index (Phi) is 7.38. The Balaban J connectivity index is 0.000000187. The van der Waals surface area contributed by atoms with Crippen molar-refractivity contribution in [3.05, 3.63) is 59.9 Å². The number of hydrogen-bond acceptors (Lipinski definition) is 2. The number of benzene rings is 2. The molecule has 0 saturated heterocycles. The summed E-state index contributed by atoms with van der Waals surface area (Å²) in [5, 5.41) is 9.26. The van der Waals surface area contributed by atoms with Crippen molar-refractivity contribution in [1.82, 2.24) is 9.88 Å². The maximum Gasteiger partial charge on any atom is 0.225 e. The molecular weight excluding hydrogens is 405 g/mol. The van der Waals surface area contributed by atoms with Crippen LogP contribution in [0.25, 0.3) is 22.2 Å². The quantitative estimate of drug-likeness (QED) is 0.577. The van der Waals surface area contributed by atoms with Crippen molar-refractivity contribution in [2.24, 2.45) is 5.92 Å².